The van der Waals surface area contributed by atoms with E-state index in [0.717, 1.165) is 16.6 Å². The van der Waals surface area contributed by atoms with E-state index in [1.165, 1.54) is 0 Å². The Morgan fingerprint density at radius 1 is 1.00 bits per heavy atom. The minimum atomic E-state index is -0.638. The molecule has 0 spiro atoms. The van der Waals surface area contributed by atoms with Crippen molar-refractivity contribution in [2.75, 3.05) is 6.54 Å². The first kappa shape index (κ1) is 20.3. The maximum atomic E-state index is 13.0. The number of ether oxygens (including phenoxy) is 2. The van der Waals surface area contributed by atoms with Gasteiger partial charge in [-0.1, -0.05) is 17.6 Å². The summed E-state index contributed by atoms with van der Waals surface area (Å²) in [5, 5.41) is 0.957. The quantitative estimate of drug-likeness (QED) is 0.655. The molecule has 0 unspecified atom stereocenters. The van der Waals surface area contributed by atoms with E-state index in [1.807, 2.05) is 53.7 Å². The Balaban J connectivity index is 2.05. The van der Waals surface area contributed by atoms with E-state index in [-0.39, 0.29) is 6.54 Å². The number of carbonyl (C=O) groups is 2. The molecule has 0 fully saturated rings. The highest BCUT2D eigenvalue weighted by Gasteiger charge is 2.32. The van der Waals surface area contributed by atoms with E-state index < -0.39 is 23.4 Å². The molecule has 1 aliphatic heterocycles. The molecule has 2 aromatic rings. The Morgan fingerprint density at radius 2 is 1.61 bits per heavy atom. The minimum absolute atomic E-state index is 0.276. The summed E-state index contributed by atoms with van der Waals surface area (Å²) in [5.41, 5.74) is 1.83. The Bertz CT molecular complexity index is 934. The van der Waals surface area contributed by atoms with Gasteiger partial charge in [0.1, 0.15) is 19.0 Å². The zero-order valence-corrected chi connectivity index (χ0v) is 17.5. The van der Waals surface area contributed by atoms with Gasteiger partial charge >= 0.3 is 12.2 Å². The molecule has 7 heteroatoms. The van der Waals surface area contributed by atoms with Gasteiger partial charge in [-0.2, -0.15) is 0 Å². The molecule has 0 aliphatic carbocycles. The van der Waals surface area contributed by atoms with Gasteiger partial charge in [0.25, 0.3) is 0 Å². The van der Waals surface area contributed by atoms with Crippen molar-refractivity contribution in [2.45, 2.75) is 65.7 Å². The zero-order valence-electron chi connectivity index (χ0n) is 17.5. The van der Waals surface area contributed by atoms with Crippen LogP contribution in [0.1, 0.15) is 52.8 Å². The van der Waals surface area contributed by atoms with Crippen LogP contribution in [0, 0.1) is 0 Å². The highest BCUT2D eigenvalue weighted by Crippen LogP contribution is 2.31. The molecule has 0 saturated heterocycles. The monoisotopic (exact) mass is 382 g/mol. The molecule has 0 saturated carbocycles. The third kappa shape index (κ3) is 4.18. The van der Waals surface area contributed by atoms with Gasteiger partial charge in [-0.25, -0.2) is 14.2 Å². The second-order valence-electron chi connectivity index (χ2n) is 9.17. The average Bonchev–Trinajstić information content (AvgIpc) is 2.83. The van der Waals surface area contributed by atoms with Crippen LogP contribution in [-0.4, -0.2) is 47.2 Å². The lowest BCUT2D eigenvalue weighted by Gasteiger charge is -2.31. The summed E-state index contributed by atoms with van der Waals surface area (Å²) >= 11 is 0. The third-order valence-electron chi connectivity index (χ3n) is 4.41. The fraction of sp³-hybridized carbons (Fsp3) is 0.524. The normalized spacial score (nSPS) is 14.7. The SMILES string of the molecule is [B]c1ccc2c3c(n(C(=O)OC(C)(C)C)c2c1)CN(C(=O)OC(C)(C)C)CC3. The van der Waals surface area contributed by atoms with Crippen molar-refractivity contribution < 1.29 is 19.1 Å². The molecule has 0 N–H and O–H groups in total. The van der Waals surface area contributed by atoms with Gasteiger partial charge in [0.15, 0.2) is 0 Å². The Labute approximate surface area is 167 Å². The highest BCUT2D eigenvalue weighted by atomic mass is 16.6. The summed E-state index contributed by atoms with van der Waals surface area (Å²) < 4.78 is 12.7. The Hall–Kier alpha value is -2.44. The first-order valence-corrected chi connectivity index (χ1v) is 9.49. The molecule has 1 aromatic heterocycles. The predicted octanol–water partition coefficient (Wildman–Crippen LogP) is 3.51. The Kier molecular flexibility index (Phi) is 4.98. The smallest absolute Gasteiger partial charge is 0.419 e. The number of benzene rings is 1. The number of hydrogen-bond donors (Lipinski definition) is 0. The number of amides is 1. The lowest BCUT2D eigenvalue weighted by atomic mass is 9.94. The van der Waals surface area contributed by atoms with Gasteiger partial charge in [0, 0.05) is 11.9 Å². The molecule has 0 atom stereocenters. The van der Waals surface area contributed by atoms with Crippen LogP contribution in [0.3, 0.4) is 0 Å². The fourth-order valence-corrected chi connectivity index (χ4v) is 3.37. The Morgan fingerprint density at radius 3 is 2.21 bits per heavy atom. The van der Waals surface area contributed by atoms with Crippen LogP contribution >= 0.6 is 0 Å². The van der Waals surface area contributed by atoms with E-state index in [1.54, 1.807) is 15.5 Å². The molecule has 6 nitrogen and oxygen atoms in total. The van der Waals surface area contributed by atoms with E-state index >= 15 is 0 Å². The number of nitrogens with zero attached hydrogens (tertiary/aromatic N) is 2. The summed E-state index contributed by atoms with van der Waals surface area (Å²) in [6, 6.07) is 5.52. The van der Waals surface area contributed by atoms with Gasteiger partial charge in [-0.15, -0.1) is 0 Å². The number of rotatable bonds is 0. The van der Waals surface area contributed by atoms with E-state index in [9.17, 15) is 9.59 Å². The second kappa shape index (κ2) is 6.87. The molecule has 1 aliphatic rings. The largest absolute Gasteiger partial charge is 0.444 e. The maximum absolute atomic E-state index is 13.0. The van der Waals surface area contributed by atoms with E-state index in [2.05, 4.69) is 0 Å². The first-order chi connectivity index (χ1) is 12.9. The van der Waals surface area contributed by atoms with Gasteiger partial charge in [-0.3, -0.25) is 0 Å². The lowest BCUT2D eigenvalue weighted by Crippen LogP contribution is -2.41. The van der Waals surface area contributed by atoms with Crippen LogP contribution in [0.4, 0.5) is 9.59 Å². The van der Waals surface area contributed by atoms with Crippen molar-refractivity contribution in [3.63, 3.8) is 0 Å². The van der Waals surface area contributed by atoms with E-state index in [4.69, 9.17) is 17.3 Å². The van der Waals surface area contributed by atoms with Gasteiger partial charge < -0.3 is 14.4 Å². The molecular formula is C21H27BN2O4. The third-order valence-corrected chi connectivity index (χ3v) is 4.41. The molecule has 2 heterocycles. The summed E-state index contributed by atoms with van der Waals surface area (Å²) in [6.45, 7) is 11.8. The topological polar surface area (TPSA) is 60.8 Å². The van der Waals surface area contributed by atoms with Gasteiger partial charge in [-0.05, 0) is 59.6 Å². The standard InChI is InChI=1S/C21H27BN2O4/c1-20(2,3)27-18(25)23-10-9-15-14-8-7-13(22)11-16(14)24(17(15)12-23)19(26)28-21(4,5)6/h7-8,11H,9-10,12H2,1-6H3. The zero-order chi connectivity index (χ0) is 20.9. The van der Waals surface area contributed by atoms with E-state index in [0.29, 0.717) is 23.9 Å². The van der Waals surface area contributed by atoms with Crippen LogP contribution in [0.15, 0.2) is 18.2 Å². The minimum Gasteiger partial charge on any atom is -0.444 e. The van der Waals surface area contributed by atoms with Crippen LogP contribution in [0.5, 0.6) is 0 Å². The number of hydrogen-bond acceptors (Lipinski definition) is 4. The molecule has 3 rings (SSSR count). The first-order valence-electron chi connectivity index (χ1n) is 9.49. The molecule has 148 valence electrons. The number of aromatic nitrogens is 1. The van der Waals surface area contributed by atoms with Crippen LogP contribution in [0.2, 0.25) is 0 Å². The molecule has 0 bridgehead atoms. The molecule has 1 amide bonds. The lowest BCUT2D eigenvalue weighted by molar-refractivity contribution is 0.0212. The van der Waals surface area contributed by atoms with Gasteiger partial charge in [0.05, 0.1) is 17.8 Å². The summed E-state index contributed by atoms with van der Waals surface area (Å²) in [7, 11) is 5.97. The second-order valence-corrected chi connectivity index (χ2v) is 9.17. The van der Waals surface area contributed by atoms with Crippen LogP contribution in [-0.2, 0) is 22.4 Å². The number of carbonyl (C=O) groups excluding carboxylic acids is 2. The maximum Gasteiger partial charge on any atom is 0.419 e. The van der Waals surface area contributed by atoms with Crippen molar-refractivity contribution in [1.82, 2.24) is 9.47 Å². The highest BCUT2D eigenvalue weighted by molar-refractivity contribution is 6.33. The molecular weight excluding hydrogens is 355 g/mol. The predicted molar refractivity (Wildman–Crippen MR) is 109 cm³/mol. The van der Waals surface area contributed by atoms with Gasteiger partial charge in [0.2, 0.25) is 0 Å². The van der Waals surface area contributed by atoms with Crippen LogP contribution in [0.25, 0.3) is 10.9 Å². The molecule has 2 radical (unpaired) electrons. The summed E-state index contributed by atoms with van der Waals surface area (Å²) in [6.07, 6.45) is -0.237. The van der Waals surface area contributed by atoms with Crippen molar-refractivity contribution in [3.05, 3.63) is 29.5 Å². The van der Waals surface area contributed by atoms with Crippen molar-refractivity contribution in [2.24, 2.45) is 0 Å². The van der Waals surface area contributed by atoms with Crippen molar-refractivity contribution >= 4 is 36.4 Å². The van der Waals surface area contributed by atoms with Crippen LogP contribution < -0.4 is 5.46 Å². The number of fused-ring (bicyclic) bond motifs is 3. The average molecular weight is 382 g/mol. The van der Waals surface area contributed by atoms with Crippen molar-refractivity contribution in [3.8, 4) is 0 Å². The molecule has 28 heavy (non-hydrogen) atoms. The molecule has 1 aromatic carbocycles. The fourth-order valence-electron chi connectivity index (χ4n) is 3.37. The van der Waals surface area contributed by atoms with Crippen molar-refractivity contribution in [1.29, 1.82) is 0 Å². The summed E-state index contributed by atoms with van der Waals surface area (Å²) in [4.78, 5) is 27.2. The summed E-state index contributed by atoms with van der Waals surface area (Å²) in [5.74, 6) is 0.